The van der Waals surface area contributed by atoms with Crippen LogP contribution in [0.15, 0.2) is 4.52 Å². The first-order valence-electron chi connectivity index (χ1n) is 5.92. The van der Waals surface area contributed by atoms with Gasteiger partial charge in [-0.25, -0.2) is 0 Å². The number of carbonyl (C=O) groups excluding carboxylic acids is 1. The Hall–Kier alpha value is -1.01. The van der Waals surface area contributed by atoms with Gasteiger partial charge in [-0.15, -0.1) is 11.8 Å². The maximum Gasteiger partial charge on any atom is 0.232 e. The molecule has 0 aromatic carbocycles. The van der Waals surface area contributed by atoms with E-state index >= 15 is 0 Å². The van der Waals surface area contributed by atoms with Crippen LogP contribution in [0, 0.1) is 13.8 Å². The predicted molar refractivity (Wildman–Crippen MR) is 73.4 cm³/mol. The van der Waals surface area contributed by atoms with Crippen LogP contribution >= 0.6 is 11.8 Å². The first kappa shape index (κ1) is 15.0. The predicted octanol–water partition coefficient (Wildman–Crippen LogP) is 1.33. The van der Waals surface area contributed by atoms with E-state index in [0.717, 1.165) is 22.8 Å². The molecule has 2 N–H and O–H groups in total. The van der Waals surface area contributed by atoms with Gasteiger partial charge in [0, 0.05) is 31.0 Å². The highest BCUT2D eigenvalue weighted by atomic mass is 32.2. The summed E-state index contributed by atoms with van der Waals surface area (Å²) in [5, 5.41) is 3.89. The number of aromatic nitrogens is 1. The van der Waals surface area contributed by atoms with Crippen LogP contribution in [0.25, 0.3) is 0 Å². The van der Waals surface area contributed by atoms with Crippen LogP contribution in [0.2, 0.25) is 0 Å². The average Bonchev–Trinajstić information content (AvgIpc) is 2.68. The van der Waals surface area contributed by atoms with Crippen LogP contribution in [-0.4, -0.2) is 41.4 Å². The van der Waals surface area contributed by atoms with Gasteiger partial charge in [-0.1, -0.05) is 5.16 Å². The molecular weight excluding hydrogens is 250 g/mol. The smallest absolute Gasteiger partial charge is 0.232 e. The van der Waals surface area contributed by atoms with Gasteiger partial charge in [-0.2, -0.15) is 0 Å². The van der Waals surface area contributed by atoms with Gasteiger partial charge in [-0.05, 0) is 20.8 Å². The summed E-state index contributed by atoms with van der Waals surface area (Å²) < 4.78 is 5.08. The SMILES string of the molecule is Cc1noc(C)c1CSCC(=O)N(C)C(C)CN. The monoisotopic (exact) mass is 271 g/mol. The minimum Gasteiger partial charge on any atom is -0.361 e. The van der Waals surface area contributed by atoms with Crippen LogP contribution in [-0.2, 0) is 10.5 Å². The van der Waals surface area contributed by atoms with Crippen LogP contribution < -0.4 is 5.73 Å². The van der Waals surface area contributed by atoms with Gasteiger partial charge in [0.1, 0.15) is 5.76 Å². The molecule has 6 heteroatoms. The van der Waals surface area contributed by atoms with Gasteiger partial charge in [0.15, 0.2) is 0 Å². The van der Waals surface area contributed by atoms with Crippen molar-refractivity contribution < 1.29 is 9.32 Å². The van der Waals surface area contributed by atoms with E-state index in [4.69, 9.17) is 10.3 Å². The molecule has 5 nitrogen and oxygen atoms in total. The maximum atomic E-state index is 11.9. The fourth-order valence-corrected chi connectivity index (χ4v) is 2.55. The fourth-order valence-electron chi connectivity index (χ4n) is 1.45. The van der Waals surface area contributed by atoms with E-state index in [-0.39, 0.29) is 11.9 Å². The number of nitrogens with two attached hydrogens (primary N) is 1. The van der Waals surface area contributed by atoms with Crippen LogP contribution in [0.1, 0.15) is 23.9 Å². The highest BCUT2D eigenvalue weighted by Gasteiger charge is 2.15. The molecule has 0 radical (unpaired) electrons. The summed E-state index contributed by atoms with van der Waals surface area (Å²) >= 11 is 1.57. The van der Waals surface area contributed by atoms with Crippen molar-refractivity contribution in [3.05, 3.63) is 17.0 Å². The third-order valence-corrected chi connectivity index (χ3v) is 3.99. The second-order valence-electron chi connectivity index (χ2n) is 4.38. The molecule has 1 atom stereocenters. The van der Waals surface area contributed by atoms with E-state index in [9.17, 15) is 4.79 Å². The van der Waals surface area contributed by atoms with E-state index in [1.807, 2.05) is 20.8 Å². The Morgan fingerprint density at radius 1 is 1.56 bits per heavy atom. The summed E-state index contributed by atoms with van der Waals surface area (Å²) in [6.45, 7) is 6.23. The Bertz CT molecular complexity index is 387. The zero-order chi connectivity index (χ0) is 13.7. The number of likely N-dealkylation sites (N-methyl/N-ethyl adjacent to an activating group) is 1. The van der Waals surface area contributed by atoms with Gasteiger partial charge < -0.3 is 15.2 Å². The highest BCUT2D eigenvalue weighted by Crippen LogP contribution is 2.19. The summed E-state index contributed by atoms with van der Waals surface area (Å²) in [6.07, 6.45) is 0. The number of amides is 1. The van der Waals surface area contributed by atoms with Gasteiger partial charge >= 0.3 is 0 Å². The Kier molecular flexibility index (Phi) is 5.68. The minimum atomic E-state index is 0.0807. The second-order valence-corrected chi connectivity index (χ2v) is 5.37. The quantitative estimate of drug-likeness (QED) is 0.845. The molecule has 18 heavy (non-hydrogen) atoms. The second kappa shape index (κ2) is 6.80. The topological polar surface area (TPSA) is 72.4 Å². The molecule has 0 aliphatic carbocycles. The molecule has 0 saturated carbocycles. The highest BCUT2D eigenvalue weighted by molar-refractivity contribution is 7.99. The number of rotatable bonds is 6. The molecule has 1 rings (SSSR count). The molecule has 1 aromatic rings. The molecule has 1 aromatic heterocycles. The molecule has 102 valence electrons. The Morgan fingerprint density at radius 3 is 2.72 bits per heavy atom. The van der Waals surface area contributed by atoms with Crippen molar-refractivity contribution in [2.75, 3.05) is 19.3 Å². The van der Waals surface area contributed by atoms with Gasteiger partial charge in [0.2, 0.25) is 5.91 Å². The van der Waals surface area contributed by atoms with Crippen molar-refractivity contribution in [2.24, 2.45) is 5.73 Å². The third-order valence-electron chi connectivity index (χ3n) is 3.05. The summed E-state index contributed by atoms with van der Waals surface area (Å²) in [7, 11) is 1.79. The van der Waals surface area contributed by atoms with Crippen LogP contribution in [0.4, 0.5) is 0 Å². The van der Waals surface area contributed by atoms with Crippen molar-refractivity contribution in [1.29, 1.82) is 0 Å². The normalized spacial score (nSPS) is 12.5. The molecule has 1 heterocycles. The molecule has 0 aliphatic heterocycles. The molecular formula is C12H21N3O2S. The number of nitrogens with zero attached hydrogens (tertiary/aromatic N) is 2. The first-order valence-corrected chi connectivity index (χ1v) is 7.08. The van der Waals surface area contributed by atoms with Crippen molar-refractivity contribution >= 4 is 17.7 Å². The third kappa shape index (κ3) is 3.74. The van der Waals surface area contributed by atoms with Crippen molar-refractivity contribution in [1.82, 2.24) is 10.1 Å². The minimum absolute atomic E-state index is 0.0807. The Labute approximate surface area is 112 Å². The van der Waals surface area contributed by atoms with E-state index in [1.54, 1.807) is 23.7 Å². The Balaban J connectivity index is 2.40. The molecule has 0 saturated heterocycles. The van der Waals surface area contributed by atoms with Crippen molar-refractivity contribution in [2.45, 2.75) is 32.6 Å². The van der Waals surface area contributed by atoms with Crippen LogP contribution in [0.5, 0.6) is 0 Å². The van der Waals surface area contributed by atoms with Gasteiger partial charge in [-0.3, -0.25) is 4.79 Å². The lowest BCUT2D eigenvalue weighted by atomic mass is 10.2. The molecule has 0 fully saturated rings. The number of carbonyl (C=O) groups is 1. The Morgan fingerprint density at radius 2 is 2.22 bits per heavy atom. The zero-order valence-electron chi connectivity index (χ0n) is 11.4. The summed E-state index contributed by atoms with van der Waals surface area (Å²) in [4.78, 5) is 13.5. The molecule has 1 amide bonds. The number of hydrogen-bond donors (Lipinski definition) is 1. The molecule has 0 spiro atoms. The zero-order valence-corrected chi connectivity index (χ0v) is 12.2. The largest absolute Gasteiger partial charge is 0.361 e. The summed E-state index contributed by atoms with van der Waals surface area (Å²) in [6, 6.07) is 0.0807. The van der Waals surface area contributed by atoms with Crippen molar-refractivity contribution in [3.63, 3.8) is 0 Å². The van der Waals surface area contributed by atoms with Crippen molar-refractivity contribution in [3.8, 4) is 0 Å². The fraction of sp³-hybridized carbons (Fsp3) is 0.667. The lowest BCUT2D eigenvalue weighted by Crippen LogP contribution is -2.40. The van der Waals surface area contributed by atoms with E-state index in [2.05, 4.69) is 5.16 Å². The van der Waals surface area contributed by atoms with E-state index in [1.165, 1.54) is 0 Å². The van der Waals surface area contributed by atoms with E-state index < -0.39 is 0 Å². The maximum absolute atomic E-state index is 11.9. The molecule has 0 bridgehead atoms. The van der Waals surface area contributed by atoms with Gasteiger partial charge in [0.25, 0.3) is 0 Å². The summed E-state index contributed by atoms with van der Waals surface area (Å²) in [5.74, 6) is 2.13. The van der Waals surface area contributed by atoms with Crippen LogP contribution in [0.3, 0.4) is 0 Å². The lowest BCUT2D eigenvalue weighted by Gasteiger charge is -2.23. The van der Waals surface area contributed by atoms with E-state index in [0.29, 0.717) is 12.3 Å². The molecule has 0 aliphatic rings. The average molecular weight is 271 g/mol. The number of thioether (sulfide) groups is 1. The molecule has 1 unspecified atom stereocenters. The van der Waals surface area contributed by atoms with Gasteiger partial charge in [0.05, 0.1) is 11.4 Å². The lowest BCUT2D eigenvalue weighted by molar-refractivity contribution is -0.128. The first-order chi connectivity index (χ1) is 8.47. The number of aryl methyl sites for hydroxylation is 2. The number of hydrogen-bond acceptors (Lipinski definition) is 5. The summed E-state index contributed by atoms with van der Waals surface area (Å²) in [5.41, 5.74) is 7.52. The standard InChI is InChI=1S/C12H21N3O2S/c1-8(5-13)15(4)12(16)7-18-6-11-9(2)14-17-10(11)3/h8H,5-7,13H2,1-4H3.